The van der Waals surface area contributed by atoms with Gasteiger partial charge in [0.2, 0.25) is 6.79 Å². The van der Waals surface area contributed by atoms with Crippen molar-refractivity contribution in [3.63, 3.8) is 0 Å². The van der Waals surface area contributed by atoms with Crippen molar-refractivity contribution in [3.8, 4) is 17.2 Å². The second-order valence-corrected chi connectivity index (χ2v) is 11.3. The molecule has 3 aromatic carbocycles. The van der Waals surface area contributed by atoms with Crippen molar-refractivity contribution in [2.45, 2.75) is 18.4 Å². The summed E-state index contributed by atoms with van der Waals surface area (Å²) in [6.07, 6.45) is 0. The van der Waals surface area contributed by atoms with Gasteiger partial charge in [-0.15, -0.1) is 0 Å². The minimum Gasteiger partial charge on any atom is -0.495 e. The highest BCUT2D eigenvalue weighted by molar-refractivity contribution is 7.92. The van der Waals surface area contributed by atoms with Gasteiger partial charge in [-0.3, -0.25) is 14.0 Å². The zero-order valence-corrected chi connectivity index (χ0v) is 22.5. The number of fused-ring (bicyclic) bond motifs is 1. The molecule has 0 bridgehead atoms. The Morgan fingerprint density at radius 3 is 2.47 bits per heavy atom. The van der Waals surface area contributed by atoms with Gasteiger partial charge in [0.05, 0.1) is 17.7 Å². The Bertz CT molecular complexity index is 1450. The Labute approximate surface area is 223 Å². The number of piperazine rings is 1. The number of nitrogens with zero attached hydrogens (tertiary/aromatic N) is 3. The Morgan fingerprint density at radius 2 is 1.71 bits per heavy atom. The van der Waals surface area contributed by atoms with Crippen molar-refractivity contribution in [2.75, 3.05) is 51.4 Å². The van der Waals surface area contributed by atoms with Crippen LogP contribution in [0.2, 0.25) is 0 Å². The van der Waals surface area contributed by atoms with Crippen LogP contribution in [0.3, 0.4) is 0 Å². The summed E-state index contributed by atoms with van der Waals surface area (Å²) in [7, 11) is -0.944. The van der Waals surface area contributed by atoms with E-state index in [4.69, 9.17) is 14.2 Å². The number of anilines is 1. The summed E-state index contributed by atoms with van der Waals surface area (Å²) in [5.41, 5.74) is 2.67. The molecule has 1 saturated heterocycles. The first-order valence-electron chi connectivity index (χ1n) is 12.4. The first-order chi connectivity index (χ1) is 18.3. The van der Waals surface area contributed by atoms with E-state index in [1.807, 2.05) is 25.1 Å². The van der Waals surface area contributed by atoms with Gasteiger partial charge in [0.25, 0.3) is 15.9 Å². The number of benzene rings is 3. The van der Waals surface area contributed by atoms with E-state index in [0.717, 1.165) is 29.2 Å². The second-order valence-electron chi connectivity index (χ2n) is 9.38. The van der Waals surface area contributed by atoms with E-state index in [1.54, 1.807) is 35.2 Å². The highest BCUT2D eigenvalue weighted by Crippen LogP contribution is 2.33. The highest BCUT2D eigenvalue weighted by atomic mass is 32.2. The van der Waals surface area contributed by atoms with Crippen LogP contribution in [0.5, 0.6) is 17.2 Å². The quantitative estimate of drug-likeness (QED) is 0.456. The van der Waals surface area contributed by atoms with Crippen molar-refractivity contribution in [2.24, 2.45) is 0 Å². The molecule has 2 aliphatic rings. The summed E-state index contributed by atoms with van der Waals surface area (Å²) >= 11 is 0. The Kier molecular flexibility index (Phi) is 7.18. The monoisotopic (exact) mass is 537 g/mol. The average molecular weight is 538 g/mol. The van der Waals surface area contributed by atoms with Crippen LogP contribution in [0.1, 0.15) is 21.5 Å². The maximum atomic E-state index is 13.5. The summed E-state index contributed by atoms with van der Waals surface area (Å²) in [6, 6.07) is 17.6. The maximum absolute atomic E-state index is 13.5. The fourth-order valence-corrected chi connectivity index (χ4v) is 5.98. The molecule has 0 unspecified atom stereocenters. The molecule has 5 rings (SSSR count). The average Bonchev–Trinajstić information content (AvgIpc) is 3.41. The SMILES string of the molecule is COc1ccccc1N(C)S(=O)(=O)c1ccc(C)c(C(=O)N2CCN(Cc3ccc4c(c3)OCO4)CC2)c1. The molecule has 9 nitrogen and oxygen atoms in total. The third kappa shape index (κ3) is 5.01. The predicted octanol–water partition coefficient (Wildman–Crippen LogP) is 3.52. The van der Waals surface area contributed by atoms with Crippen molar-refractivity contribution in [3.05, 3.63) is 77.4 Å². The minimum atomic E-state index is -3.92. The number of methoxy groups -OCH3 is 1. The lowest BCUT2D eigenvalue weighted by molar-refractivity contribution is 0.0627. The molecule has 10 heteroatoms. The molecule has 1 amide bonds. The van der Waals surface area contributed by atoms with Crippen LogP contribution in [0, 0.1) is 6.92 Å². The molecule has 200 valence electrons. The van der Waals surface area contributed by atoms with Gasteiger partial charge in [0.15, 0.2) is 11.5 Å². The van der Waals surface area contributed by atoms with E-state index < -0.39 is 10.0 Å². The number of para-hydroxylation sites is 2. The summed E-state index contributed by atoms with van der Waals surface area (Å²) in [4.78, 5) is 17.6. The van der Waals surface area contributed by atoms with Gasteiger partial charge in [0, 0.05) is 45.3 Å². The Balaban J connectivity index is 1.28. The van der Waals surface area contributed by atoms with E-state index in [1.165, 1.54) is 30.6 Å². The fourth-order valence-electron chi connectivity index (χ4n) is 4.75. The summed E-state index contributed by atoms with van der Waals surface area (Å²) < 4.78 is 44.3. The molecule has 2 aliphatic heterocycles. The van der Waals surface area contributed by atoms with E-state index >= 15 is 0 Å². The number of aryl methyl sites for hydroxylation is 1. The van der Waals surface area contributed by atoms with Crippen molar-refractivity contribution >= 4 is 21.6 Å². The van der Waals surface area contributed by atoms with Gasteiger partial charge < -0.3 is 19.1 Å². The van der Waals surface area contributed by atoms with Gasteiger partial charge in [-0.25, -0.2) is 8.42 Å². The Morgan fingerprint density at radius 1 is 0.974 bits per heavy atom. The molecule has 0 aromatic heterocycles. The molecule has 38 heavy (non-hydrogen) atoms. The van der Waals surface area contributed by atoms with Gasteiger partial charge >= 0.3 is 0 Å². The standard InChI is InChI=1S/C28H31N3O6S/c1-20-8-10-22(38(33,34)29(2)24-6-4-5-7-25(24)35-3)17-23(20)28(32)31-14-12-30(13-15-31)18-21-9-11-26-27(16-21)37-19-36-26/h4-11,16-17H,12-15,18-19H2,1-3H3. The van der Waals surface area contributed by atoms with Crippen LogP contribution in [0.15, 0.2) is 65.6 Å². The maximum Gasteiger partial charge on any atom is 0.264 e. The summed E-state index contributed by atoms with van der Waals surface area (Å²) in [5.74, 6) is 1.80. The number of ether oxygens (including phenoxy) is 3. The number of hydrogen-bond acceptors (Lipinski definition) is 7. The third-order valence-corrected chi connectivity index (χ3v) is 8.79. The number of carbonyl (C=O) groups is 1. The molecular weight excluding hydrogens is 506 g/mol. The summed E-state index contributed by atoms with van der Waals surface area (Å²) in [6.45, 7) is 5.37. The lowest BCUT2D eigenvalue weighted by Gasteiger charge is -2.35. The molecule has 0 N–H and O–H groups in total. The van der Waals surface area contributed by atoms with Crippen molar-refractivity contribution < 1.29 is 27.4 Å². The number of sulfonamides is 1. The van der Waals surface area contributed by atoms with Crippen LogP contribution in [0.25, 0.3) is 0 Å². The first-order valence-corrected chi connectivity index (χ1v) is 13.8. The van der Waals surface area contributed by atoms with Crippen molar-refractivity contribution in [1.82, 2.24) is 9.80 Å². The van der Waals surface area contributed by atoms with Gasteiger partial charge in [0.1, 0.15) is 5.75 Å². The van der Waals surface area contributed by atoms with Crippen molar-refractivity contribution in [1.29, 1.82) is 0 Å². The van der Waals surface area contributed by atoms with E-state index in [0.29, 0.717) is 43.2 Å². The highest BCUT2D eigenvalue weighted by Gasteiger charge is 2.28. The van der Waals surface area contributed by atoms with Crippen LogP contribution < -0.4 is 18.5 Å². The minimum absolute atomic E-state index is 0.0568. The van der Waals surface area contributed by atoms with Gasteiger partial charge in [-0.1, -0.05) is 24.3 Å². The molecule has 0 radical (unpaired) electrons. The fraction of sp³-hybridized carbons (Fsp3) is 0.321. The summed E-state index contributed by atoms with van der Waals surface area (Å²) in [5, 5.41) is 0. The van der Waals surface area contributed by atoms with Gasteiger partial charge in [-0.2, -0.15) is 0 Å². The number of amides is 1. The zero-order valence-electron chi connectivity index (χ0n) is 21.7. The molecule has 0 atom stereocenters. The van der Waals surface area contributed by atoms with Crippen LogP contribution in [0.4, 0.5) is 5.69 Å². The number of carbonyl (C=O) groups excluding carboxylic acids is 1. The lowest BCUT2D eigenvalue weighted by Crippen LogP contribution is -2.48. The molecule has 1 fully saturated rings. The van der Waals surface area contributed by atoms with E-state index in [2.05, 4.69) is 4.90 Å². The van der Waals surface area contributed by atoms with E-state index in [9.17, 15) is 13.2 Å². The lowest BCUT2D eigenvalue weighted by atomic mass is 10.1. The molecule has 2 heterocycles. The largest absolute Gasteiger partial charge is 0.495 e. The zero-order chi connectivity index (χ0) is 26.9. The normalized spacial score (nSPS) is 15.4. The molecule has 0 spiro atoms. The van der Waals surface area contributed by atoms with Crippen LogP contribution in [-0.4, -0.2) is 71.3 Å². The second kappa shape index (κ2) is 10.5. The smallest absolute Gasteiger partial charge is 0.264 e. The number of rotatable bonds is 7. The first kappa shape index (κ1) is 25.9. The third-order valence-electron chi connectivity index (χ3n) is 7.02. The molecular formula is C28H31N3O6S. The molecule has 0 aliphatic carbocycles. The topological polar surface area (TPSA) is 88.6 Å². The molecule has 3 aromatic rings. The van der Waals surface area contributed by atoms with Crippen LogP contribution in [-0.2, 0) is 16.6 Å². The molecule has 0 saturated carbocycles. The number of hydrogen-bond donors (Lipinski definition) is 0. The predicted molar refractivity (Wildman–Crippen MR) is 144 cm³/mol. The van der Waals surface area contributed by atoms with E-state index in [-0.39, 0.29) is 17.6 Å². The van der Waals surface area contributed by atoms with Crippen LogP contribution >= 0.6 is 0 Å². The van der Waals surface area contributed by atoms with Gasteiger partial charge in [-0.05, 0) is 54.4 Å². The Hall–Kier alpha value is -3.76.